The van der Waals surface area contributed by atoms with E-state index in [2.05, 4.69) is 11.6 Å². The second-order valence-electron chi connectivity index (χ2n) is 5.96. The molecule has 1 atom stereocenters. The summed E-state index contributed by atoms with van der Waals surface area (Å²) in [5.74, 6) is -0.292. The Hall–Kier alpha value is -2.41. The average molecular weight is 360 g/mol. The Kier molecular flexibility index (Phi) is 6.14. The first-order chi connectivity index (χ1) is 11.9. The average Bonchev–Trinajstić information content (AvgIpc) is 2.92. The van der Waals surface area contributed by atoms with E-state index in [4.69, 9.17) is 4.74 Å². The number of aromatic nitrogens is 1. The van der Waals surface area contributed by atoms with E-state index in [0.29, 0.717) is 17.1 Å². The fourth-order valence-corrected chi connectivity index (χ4v) is 3.46. The van der Waals surface area contributed by atoms with Crippen LogP contribution in [0.15, 0.2) is 37.1 Å². The Balaban J connectivity index is 2.09. The summed E-state index contributed by atoms with van der Waals surface area (Å²) in [6.07, 6.45) is 6.64. The van der Waals surface area contributed by atoms with Crippen LogP contribution in [0.2, 0.25) is 0 Å². The van der Waals surface area contributed by atoms with Crippen molar-refractivity contribution >= 4 is 36.0 Å². The molecule has 1 aliphatic heterocycles. The molecule has 0 aromatic carbocycles. The van der Waals surface area contributed by atoms with Crippen LogP contribution in [0.1, 0.15) is 29.9 Å². The Labute approximate surface area is 150 Å². The first-order valence-electron chi connectivity index (χ1n) is 7.71. The summed E-state index contributed by atoms with van der Waals surface area (Å²) in [7, 11) is 0. The summed E-state index contributed by atoms with van der Waals surface area (Å²) in [4.78, 5) is 41.1. The molecule has 7 heteroatoms. The maximum atomic E-state index is 12.4. The van der Waals surface area contributed by atoms with Crippen molar-refractivity contribution in [3.63, 3.8) is 0 Å². The highest BCUT2D eigenvalue weighted by molar-refractivity contribution is 8.00. The minimum absolute atomic E-state index is 0.125. The van der Waals surface area contributed by atoms with Gasteiger partial charge < -0.3 is 14.4 Å². The minimum Gasteiger partial charge on any atom is -0.458 e. The summed E-state index contributed by atoms with van der Waals surface area (Å²) >= 11 is 1.56. The predicted octanol–water partition coefficient (Wildman–Crippen LogP) is 2.32. The van der Waals surface area contributed by atoms with Gasteiger partial charge in [0.15, 0.2) is 0 Å². The number of ether oxygens (including phenoxy) is 1. The maximum absolute atomic E-state index is 12.4. The smallest absolute Gasteiger partial charge is 0.338 e. The van der Waals surface area contributed by atoms with Gasteiger partial charge in [0.2, 0.25) is 5.91 Å². The molecule has 25 heavy (non-hydrogen) atoms. The van der Waals surface area contributed by atoms with Crippen LogP contribution in [0.25, 0.3) is 6.08 Å². The molecular weight excluding hydrogens is 340 g/mol. The molecule has 0 unspecified atom stereocenters. The highest BCUT2D eigenvalue weighted by Crippen LogP contribution is 2.38. The molecule has 132 valence electrons. The van der Waals surface area contributed by atoms with Crippen LogP contribution in [0, 0.1) is 0 Å². The summed E-state index contributed by atoms with van der Waals surface area (Å²) < 4.78 is 4.66. The van der Waals surface area contributed by atoms with Gasteiger partial charge in [0.05, 0.1) is 17.1 Å². The first-order valence-corrected chi connectivity index (χ1v) is 8.69. The van der Waals surface area contributed by atoms with Gasteiger partial charge >= 0.3 is 5.97 Å². The Morgan fingerprint density at radius 2 is 2.28 bits per heavy atom. The number of amides is 1. The zero-order chi connectivity index (χ0) is 18.4. The van der Waals surface area contributed by atoms with E-state index in [9.17, 15) is 14.4 Å². The Morgan fingerprint density at radius 3 is 2.96 bits per heavy atom. The van der Waals surface area contributed by atoms with Gasteiger partial charge in [-0.05, 0) is 32.1 Å². The van der Waals surface area contributed by atoms with Crippen molar-refractivity contribution in [3.05, 3.63) is 48.3 Å². The largest absolute Gasteiger partial charge is 0.458 e. The number of nitrogens with zero attached hydrogens (tertiary/aromatic N) is 2. The van der Waals surface area contributed by atoms with Crippen LogP contribution in [-0.4, -0.2) is 51.3 Å². The van der Waals surface area contributed by atoms with Crippen LogP contribution >= 0.6 is 11.8 Å². The number of thioether (sulfide) groups is 1. The molecule has 1 fully saturated rings. The molecule has 2 rings (SSSR count). The molecule has 0 aliphatic carbocycles. The number of carbonyl (C=O) groups is 3. The Bertz CT molecular complexity index is 715. The lowest BCUT2D eigenvalue weighted by molar-refractivity contribution is -0.130. The lowest BCUT2D eigenvalue weighted by atomic mass is 10.0. The number of rotatable bonds is 6. The minimum atomic E-state index is -0.484. The summed E-state index contributed by atoms with van der Waals surface area (Å²) in [6, 6.07) is 2.60. The van der Waals surface area contributed by atoms with E-state index in [1.54, 1.807) is 11.8 Å². The third kappa shape index (κ3) is 4.57. The zero-order valence-corrected chi connectivity index (χ0v) is 15.0. The van der Waals surface area contributed by atoms with E-state index < -0.39 is 12.0 Å². The van der Waals surface area contributed by atoms with Crippen molar-refractivity contribution in [3.8, 4) is 0 Å². The van der Waals surface area contributed by atoms with Gasteiger partial charge in [0.25, 0.3) is 0 Å². The lowest BCUT2D eigenvalue weighted by Gasteiger charge is -2.25. The van der Waals surface area contributed by atoms with Crippen LogP contribution in [-0.2, 0) is 14.3 Å². The molecule has 1 saturated heterocycles. The third-order valence-corrected chi connectivity index (χ3v) is 5.17. The van der Waals surface area contributed by atoms with Gasteiger partial charge in [0.1, 0.15) is 18.9 Å². The fourth-order valence-electron chi connectivity index (χ4n) is 2.35. The number of pyridine rings is 1. The van der Waals surface area contributed by atoms with E-state index in [-0.39, 0.29) is 17.3 Å². The number of esters is 1. The van der Waals surface area contributed by atoms with E-state index in [1.807, 2.05) is 13.8 Å². The molecular formula is C18H20N2O4S. The number of hydrogen-bond donors (Lipinski definition) is 0. The fraction of sp³-hybridized carbons (Fsp3) is 0.333. The summed E-state index contributed by atoms with van der Waals surface area (Å²) in [6.45, 7) is 7.49. The van der Waals surface area contributed by atoms with Crippen molar-refractivity contribution < 1.29 is 19.1 Å². The number of hydrogen-bond acceptors (Lipinski definition) is 6. The molecule has 1 aromatic rings. The van der Waals surface area contributed by atoms with Crippen molar-refractivity contribution in [1.29, 1.82) is 0 Å². The third-order valence-electron chi connectivity index (χ3n) is 3.78. The highest BCUT2D eigenvalue weighted by Gasteiger charge is 2.42. The second-order valence-corrected chi connectivity index (χ2v) is 7.55. The van der Waals surface area contributed by atoms with Crippen LogP contribution < -0.4 is 0 Å². The topological polar surface area (TPSA) is 76.6 Å². The van der Waals surface area contributed by atoms with Crippen molar-refractivity contribution in [2.45, 2.75) is 24.6 Å². The molecule has 1 aliphatic rings. The molecule has 0 saturated carbocycles. The van der Waals surface area contributed by atoms with E-state index >= 15 is 0 Å². The molecule has 0 radical (unpaired) electrons. The number of aldehydes is 1. The van der Waals surface area contributed by atoms with Crippen molar-refractivity contribution in [2.75, 3.05) is 12.5 Å². The molecule has 1 amide bonds. The maximum Gasteiger partial charge on any atom is 0.338 e. The second kappa shape index (κ2) is 8.11. The number of carbonyl (C=O) groups excluding carboxylic acids is 3. The predicted molar refractivity (Wildman–Crippen MR) is 97.0 cm³/mol. The highest BCUT2D eigenvalue weighted by atomic mass is 32.2. The normalized spacial score (nSPS) is 19.0. The van der Waals surface area contributed by atoms with Crippen LogP contribution in [0.4, 0.5) is 0 Å². The first kappa shape index (κ1) is 18.9. The van der Waals surface area contributed by atoms with Crippen LogP contribution in [0.3, 0.4) is 0 Å². The molecule has 2 heterocycles. The summed E-state index contributed by atoms with van der Waals surface area (Å²) in [5, 5.41) is 0. The SMILES string of the molecule is C=CCOC(=O)c1ccnc(/C=C/C(=O)N2CSC(C)(C)[C@@H]2C=O)c1. The zero-order valence-electron chi connectivity index (χ0n) is 14.2. The quantitative estimate of drug-likeness (QED) is 0.335. The van der Waals surface area contributed by atoms with Crippen molar-refractivity contribution in [2.24, 2.45) is 0 Å². The standard InChI is InChI=1S/C18H20N2O4S/c1-4-9-24-17(23)13-7-8-19-14(10-13)5-6-16(22)20-12-25-18(2,3)15(20)11-21/h4-8,10-11,15H,1,9,12H2,2-3H3/b6-5+/t15-/m0/s1. The van der Waals surface area contributed by atoms with Gasteiger partial charge in [-0.2, -0.15) is 0 Å². The van der Waals surface area contributed by atoms with Gasteiger partial charge in [-0.3, -0.25) is 9.78 Å². The molecule has 0 spiro atoms. The van der Waals surface area contributed by atoms with Crippen LogP contribution in [0.5, 0.6) is 0 Å². The molecule has 6 nitrogen and oxygen atoms in total. The van der Waals surface area contributed by atoms with Gasteiger partial charge in [-0.25, -0.2) is 4.79 Å². The lowest BCUT2D eigenvalue weighted by Crippen LogP contribution is -2.43. The van der Waals surface area contributed by atoms with Crippen molar-refractivity contribution in [1.82, 2.24) is 9.88 Å². The molecule has 0 N–H and O–H groups in total. The van der Waals surface area contributed by atoms with E-state index in [1.165, 1.54) is 41.5 Å². The summed E-state index contributed by atoms with van der Waals surface area (Å²) in [5.41, 5.74) is 0.794. The Morgan fingerprint density at radius 1 is 1.52 bits per heavy atom. The van der Waals surface area contributed by atoms with E-state index in [0.717, 1.165) is 6.29 Å². The van der Waals surface area contributed by atoms with Gasteiger partial charge in [-0.1, -0.05) is 12.7 Å². The molecule has 0 bridgehead atoms. The van der Waals surface area contributed by atoms with Gasteiger partial charge in [-0.15, -0.1) is 11.8 Å². The molecule has 1 aromatic heterocycles. The monoisotopic (exact) mass is 360 g/mol. The van der Waals surface area contributed by atoms with Gasteiger partial charge in [0, 0.05) is 17.0 Å².